The number of hydrogen-bond donors (Lipinski definition) is 1. The van der Waals surface area contributed by atoms with Crippen LogP contribution >= 0.6 is 0 Å². The van der Waals surface area contributed by atoms with Crippen molar-refractivity contribution in [2.45, 2.75) is 31.4 Å². The lowest BCUT2D eigenvalue weighted by atomic mass is 10.2. The first-order valence-electron chi connectivity index (χ1n) is 4.64. The monoisotopic (exact) mass is 220 g/mol. The van der Waals surface area contributed by atoms with Crippen LogP contribution < -0.4 is 0 Å². The highest BCUT2D eigenvalue weighted by molar-refractivity contribution is 7.87. The van der Waals surface area contributed by atoms with E-state index >= 15 is 0 Å². The van der Waals surface area contributed by atoms with Crippen LogP contribution in [-0.2, 0) is 20.3 Å². The van der Waals surface area contributed by atoms with Crippen molar-refractivity contribution in [3.8, 4) is 0 Å². The second-order valence-corrected chi connectivity index (χ2v) is 6.04. The van der Waals surface area contributed by atoms with Gasteiger partial charge in [-0.05, 0) is 32.6 Å². The Bertz CT molecular complexity index is 245. The van der Waals surface area contributed by atoms with E-state index in [-0.39, 0.29) is 5.94 Å². The summed E-state index contributed by atoms with van der Waals surface area (Å²) in [5.74, 6) is -0.415. The molecule has 0 amide bonds. The Labute approximate surface area is 86.1 Å². The zero-order valence-corrected chi connectivity index (χ0v) is 9.30. The molecule has 4 nitrogen and oxygen atoms in total. The largest absolute Gasteiger partial charge is 0.480 e. The van der Waals surface area contributed by atoms with Crippen molar-refractivity contribution < 1.29 is 18.8 Å². The van der Waals surface area contributed by atoms with Crippen molar-refractivity contribution in [3.63, 3.8) is 0 Å². The predicted molar refractivity (Wildman–Crippen MR) is 53.4 cm³/mol. The molecule has 5 heteroatoms. The standard InChI is InChI=1S/C9H16O4S/c1-9(2,8(10)11)14(12)6-13-5-7-3-4-7/h7H,3-6H2,1-2H3,(H,10,11). The van der Waals surface area contributed by atoms with Crippen molar-refractivity contribution >= 4 is 16.8 Å². The zero-order valence-electron chi connectivity index (χ0n) is 8.49. The molecule has 1 fully saturated rings. The maximum atomic E-state index is 11.5. The molecule has 1 unspecified atom stereocenters. The van der Waals surface area contributed by atoms with E-state index in [4.69, 9.17) is 9.84 Å². The Morgan fingerprint density at radius 1 is 1.57 bits per heavy atom. The maximum absolute atomic E-state index is 11.5. The molecule has 0 aliphatic heterocycles. The van der Waals surface area contributed by atoms with E-state index in [1.807, 2.05) is 0 Å². The molecule has 0 radical (unpaired) electrons. The Morgan fingerprint density at radius 2 is 2.14 bits per heavy atom. The second-order valence-electron chi connectivity index (χ2n) is 4.09. The minimum atomic E-state index is -1.47. The van der Waals surface area contributed by atoms with E-state index in [0.717, 1.165) is 0 Å². The molecule has 0 aromatic rings. The van der Waals surface area contributed by atoms with E-state index in [0.29, 0.717) is 12.5 Å². The second kappa shape index (κ2) is 4.40. The highest BCUT2D eigenvalue weighted by atomic mass is 32.2. The number of carbonyl (C=O) groups is 1. The summed E-state index contributed by atoms with van der Waals surface area (Å²) in [7, 11) is -1.47. The van der Waals surface area contributed by atoms with Gasteiger partial charge >= 0.3 is 5.97 Å². The molecule has 1 N–H and O–H groups in total. The van der Waals surface area contributed by atoms with Gasteiger partial charge in [0.25, 0.3) is 0 Å². The summed E-state index contributed by atoms with van der Waals surface area (Å²) in [4.78, 5) is 10.7. The van der Waals surface area contributed by atoms with Gasteiger partial charge in [0, 0.05) is 0 Å². The first-order chi connectivity index (χ1) is 6.44. The van der Waals surface area contributed by atoms with Crippen LogP contribution in [0.3, 0.4) is 0 Å². The third-order valence-corrected chi connectivity index (χ3v) is 4.02. The molecule has 1 aliphatic rings. The first-order valence-corrected chi connectivity index (χ1v) is 5.96. The Balaban J connectivity index is 2.28. The van der Waals surface area contributed by atoms with Crippen LogP contribution in [0.4, 0.5) is 0 Å². The van der Waals surface area contributed by atoms with Crippen molar-refractivity contribution in [2.24, 2.45) is 5.92 Å². The highest BCUT2D eigenvalue weighted by Gasteiger charge is 2.34. The maximum Gasteiger partial charge on any atom is 0.321 e. The van der Waals surface area contributed by atoms with Gasteiger partial charge in [-0.1, -0.05) is 0 Å². The summed E-state index contributed by atoms with van der Waals surface area (Å²) in [5.41, 5.74) is 0. The fraction of sp³-hybridized carbons (Fsp3) is 0.889. The van der Waals surface area contributed by atoms with Gasteiger partial charge in [0.05, 0.1) is 17.4 Å². The molecule has 1 aliphatic carbocycles. The lowest BCUT2D eigenvalue weighted by Crippen LogP contribution is -2.38. The number of hydrogen-bond acceptors (Lipinski definition) is 3. The molecule has 0 aromatic heterocycles. The minimum Gasteiger partial charge on any atom is -0.480 e. The highest BCUT2D eigenvalue weighted by Crippen LogP contribution is 2.29. The van der Waals surface area contributed by atoms with Gasteiger partial charge in [-0.15, -0.1) is 0 Å². The van der Waals surface area contributed by atoms with Crippen LogP contribution in [0.25, 0.3) is 0 Å². The van der Waals surface area contributed by atoms with Crippen molar-refractivity contribution in [1.82, 2.24) is 0 Å². The van der Waals surface area contributed by atoms with Gasteiger partial charge in [0.2, 0.25) is 0 Å². The molecule has 0 bridgehead atoms. The van der Waals surface area contributed by atoms with E-state index in [1.165, 1.54) is 26.7 Å². The first kappa shape index (κ1) is 11.7. The molecule has 1 atom stereocenters. The SMILES string of the molecule is CC(C)(C(=O)O)S(=O)COCC1CC1. The molecule has 82 valence electrons. The smallest absolute Gasteiger partial charge is 0.321 e. The van der Waals surface area contributed by atoms with Crippen molar-refractivity contribution in [3.05, 3.63) is 0 Å². The van der Waals surface area contributed by atoms with Crippen LogP contribution in [0.2, 0.25) is 0 Å². The van der Waals surface area contributed by atoms with Crippen LogP contribution in [-0.4, -0.2) is 32.6 Å². The number of ether oxygens (including phenoxy) is 1. The fourth-order valence-electron chi connectivity index (χ4n) is 0.820. The molecular weight excluding hydrogens is 204 g/mol. The molecule has 0 aromatic carbocycles. The Hall–Kier alpha value is -0.420. The van der Waals surface area contributed by atoms with Gasteiger partial charge in [-0.2, -0.15) is 0 Å². The van der Waals surface area contributed by atoms with Crippen LogP contribution in [0.5, 0.6) is 0 Å². The Kier molecular flexibility index (Phi) is 3.66. The quantitative estimate of drug-likeness (QED) is 0.724. The third-order valence-electron chi connectivity index (χ3n) is 2.33. The lowest BCUT2D eigenvalue weighted by Gasteiger charge is -2.18. The number of carboxylic acid groups (broad SMARTS) is 1. The van der Waals surface area contributed by atoms with Gasteiger partial charge in [-0.25, -0.2) is 0 Å². The average molecular weight is 220 g/mol. The topological polar surface area (TPSA) is 63.6 Å². The molecular formula is C9H16O4S. The summed E-state index contributed by atoms with van der Waals surface area (Å²) >= 11 is 0. The number of aliphatic carboxylic acids is 1. The van der Waals surface area contributed by atoms with Crippen molar-refractivity contribution in [2.75, 3.05) is 12.5 Å². The molecule has 1 rings (SSSR count). The summed E-state index contributed by atoms with van der Waals surface area (Å²) < 4.78 is 15.5. The summed E-state index contributed by atoms with van der Waals surface area (Å²) in [5, 5.41) is 8.78. The summed E-state index contributed by atoms with van der Waals surface area (Å²) in [6.45, 7) is 3.51. The fourth-order valence-corrected chi connectivity index (χ4v) is 1.56. The summed E-state index contributed by atoms with van der Waals surface area (Å²) in [6.07, 6.45) is 2.35. The van der Waals surface area contributed by atoms with Crippen LogP contribution in [0.15, 0.2) is 0 Å². The van der Waals surface area contributed by atoms with E-state index in [1.54, 1.807) is 0 Å². The van der Waals surface area contributed by atoms with Gasteiger partial charge in [-0.3, -0.25) is 9.00 Å². The minimum absolute atomic E-state index is 0.0236. The molecule has 0 heterocycles. The lowest BCUT2D eigenvalue weighted by molar-refractivity contribution is -0.139. The third kappa shape index (κ3) is 3.06. The average Bonchev–Trinajstić information content (AvgIpc) is 2.87. The number of rotatable bonds is 6. The predicted octanol–water partition coefficient (Wildman–Crippen LogP) is 0.982. The molecule has 1 saturated carbocycles. The van der Waals surface area contributed by atoms with E-state index < -0.39 is 21.5 Å². The van der Waals surface area contributed by atoms with E-state index in [2.05, 4.69) is 0 Å². The van der Waals surface area contributed by atoms with Crippen molar-refractivity contribution in [1.29, 1.82) is 0 Å². The zero-order chi connectivity index (χ0) is 10.8. The Morgan fingerprint density at radius 3 is 2.57 bits per heavy atom. The van der Waals surface area contributed by atoms with Crippen LogP contribution in [0, 0.1) is 5.92 Å². The van der Waals surface area contributed by atoms with Gasteiger partial charge in [0.15, 0.2) is 0 Å². The molecule has 0 saturated heterocycles. The molecule has 14 heavy (non-hydrogen) atoms. The molecule has 0 spiro atoms. The normalized spacial score (nSPS) is 19.3. The number of carboxylic acids is 1. The van der Waals surface area contributed by atoms with Crippen LogP contribution in [0.1, 0.15) is 26.7 Å². The summed E-state index contributed by atoms with van der Waals surface area (Å²) in [6, 6.07) is 0. The van der Waals surface area contributed by atoms with Gasteiger partial charge in [0.1, 0.15) is 10.7 Å². The van der Waals surface area contributed by atoms with Gasteiger partial charge < -0.3 is 9.84 Å². The van der Waals surface area contributed by atoms with E-state index in [9.17, 15) is 9.00 Å².